The molecule has 1 saturated carbocycles. The Kier molecular flexibility index (Phi) is 2.47. The minimum atomic E-state index is -0.00373. The SMILES string of the molecule is Clc1cccc2c1OC1(CCCCC1)CN2. The number of benzene rings is 1. The van der Waals surface area contributed by atoms with Gasteiger partial charge in [0.15, 0.2) is 5.75 Å². The van der Waals surface area contributed by atoms with Crippen LogP contribution in [0.4, 0.5) is 5.69 Å². The van der Waals surface area contributed by atoms with Crippen LogP contribution in [-0.4, -0.2) is 12.1 Å². The standard InChI is InChI=1S/C13H16ClNO/c14-10-5-4-6-11-12(10)16-13(9-15-11)7-2-1-3-8-13/h4-6,15H,1-3,7-9H2. The molecule has 0 radical (unpaired) electrons. The van der Waals surface area contributed by atoms with Gasteiger partial charge in [-0.25, -0.2) is 0 Å². The van der Waals surface area contributed by atoms with E-state index in [2.05, 4.69) is 5.32 Å². The first-order chi connectivity index (χ1) is 7.79. The van der Waals surface area contributed by atoms with Gasteiger partial charge in [0.25, 0.3) is 0 Å². The summed E-state index contributed by atoms with van der Waals surface area (Å²) >= 11 is 6.18. The number of halogens is 1. The average molecular weight is 238 g/mol. The number of nitrogens with one attached hydrogen (secondary N) is 1. The Hall–Kier alpha value is -0.890. The predicted octanol–water partition coefficient (Wildman–Crippen LogP) is 3.85. The predicted molar refractivity (Wildman–Crippen MR) is 66.4 cm³/mol. The first-order valence-corrected chi connectivity index (χ1v) is 6.38. The van der Waals surface area contributed by atoms with E-state index >= 15 is 0 Å². The monoisotopic (exact) mass is 237 g/mol. The van der Waals surface area contributed by atoms with Gasteiger partial charge in [-0.05, 0) is 37.8 Å². The molecule has 1 heterocycles. The van der Waals surface area contributed by atoms with Gasteiger partial charge in [-0.3, -0.25) is 0 Å². The number of anilines is 1. The van der Waals surface area contributed by atoms with Crippen molar-refractivity contribution in [3.05, 3.63) is 23.2 Å². The van der Waals surface area contributed by atoms with Crippen molar-refractivity contribution in [2.45, 2.75) is 37.7 Å². The lowest BCUT2D eigenvalue weighted by atomic mass is 9.83. The average Bonchev–Trinajstić information content (AvgIpc) is 2.32. The molecule has 1 aliphatic carbocycles. The fourth-order valence-electron chi connectivity index (χ4n) is 2.74. The summed E-state index contributed by atoms with van der Waals surface area (Å²) in [6.45, 7) is 0.917. The second-order valence-electron chi connectivity index (χ2n) is 4.82. The first-order valence-electron chi connectivity index (χ1n) is 6.01. The molecule has 1 aromatic rings. The summed E-state index contributed by atoms with van der Waals surface area (Å²) in [4.78, 5) is 0. The van der Waals surface area contributed by atoms with E-state index in [0.717, 1.165) is 35.8 Å². The summed E-state index contributed by atoms with van der Waals surface area (Å²) in [5.41, 5.74) is 1.03. The van der Waals surface area contributed by atoms with E-state index in [9.17, 15) is 0 Å². The minimum Gasteiger partial charge on any atom is -0.482 e. The van der Waals surface area contributed by atoms with Crippen molar-refractivity contribution in [3.8, 4) is 5.75 Å². The number of fused-ring (bicyclic) bond motifs is 1. The summed E-state index contributed by atoms with van der Waals surface area (Å²) in [5, 5.41) is 4.17. The van der Waals surface area contributed by atoms with Crippen molar-refractivity contribution in [3.63, 3.8) is 0 Å². The summed E-state index contributed by atoms with van der Waals surface area (Å²) in [7, 11) is 0. The van der Waals surface area contributed by atoms with Crippen LogP contribution in [0, 0.1) is 0 Å². The third-order valence-electron chi connectivity index (χ3n) is 3.65. The highest BCUT2D eigenvalue weighted by Gasteiger charge is 2.38. The molecule has 1 aliphatic heterocycles. The molecule has 2 nitrogen and oxygen atoms in total. The Morgan fingerprint density at radius 1 is 1.19 bits per heavy atom. The molecule has 0 atom stereocenters. The maximum Gasteiger partial charge on any atom is 0.161 e. The van der Waals surface area contributed by atoms with Gasteiger partial charge in [-0.1, -0.05) is 24.1 Å². The Morgan fingerprint density at radius 2 is 2.00 bits per heavy atom. The lowest BCUT2D eigenvalue weighted by molar-refractivity contribution is 0.0370. The molecule has 0 saturated heterocycles. The van der Waals surface area contributed by atoms with Gasteiger partial charge >= 0.3 is 0 Å². The van der Waals surface area contributed by atoms with Gasteiger partial charge in [0.05, 0.1) is 17.3 Å². The second-order valence-corrected chi connectivity index (χ2v) is 5.22. The zero-order valence-corrected chi connectivity index (χ0v) is 10.0. The van der Waals surface area contributed by atoms with Gasteiger partial charge in [0.2, 0.25) is 0 Å². The Bertz CT molecular complexity index is 399. The van der Waals surface area contributed by atoms with Crippen LogP contribution in [0.2, 0.25) is 5.02 Å². The number of hydrogen-bond donors (Lipinski definition) is 1. The van der Waals surface area contributed by atoms with Gasteiger partial charge in [0, 0.05) is 0 Å². The van der Waals surface area contributed by atoms with Gasteiger partial charge in [0.1, 0.15) is 5.60 Å². The van der Waals surface area contributed by atoms with E-state index in [4.69, 9.17) is 16.3 Å². The molecule has 16 heavy (non-hydrogen) atoms. The van der Waals surface area contributed by atoms with Gasteiger partial charge < -0.3 is 10.1 Å². The first kappa shape index (κ1) is 10.3. The molecular formula is C13H16ClNO. The molecule has 1 aromatic carbocycles. The van der Waals surface area contributed by atoms with E-state index in [0.29, 0.717) is 0 Å². The van der Waals surface area contributed by atoms with Gasteiger partial charge in [-0.2, -0.15) is 0 Å². The molecule has 0 bridgehead atoms. The molecule has 0 aromatic heterocycles. The molecule has 0 unspecified atom stereocenters. The van der Waals surface area contributed by atoms with Crippen LogP contribution in [0.25, 0.3) is 0 Å². The molecule has 3 rings (SSSR count). The van der Waals surface area contributed by atoms with Crippen molar-refractivity contribution in [2.75, 3.05) is 11.9 Å². The second kappa shape index (κ2) is 3.85. The summed E-state index contributed by atoms with van der Waals surface area (Å²) in [5.74, 6) is 0.845. The lowest BCUT2D eigenvalue weighted by Crippen LogP contribution is -2.47. The molecule has 0 amide bonds. The summed E-state index contributed by atoms with van der Waals surface area (Å²) in [6, 6.07) is 5.87. The van der Waals surface area contributed by atoms with Crippen LogP contribution in [0.3, 0.4) is 0 Å². The van der Waals surface area contributed by atoms with Crippen LogP contribution >= 0.6 is 11.6 Å². The summed E-state index contributed by atoms with van der Waals surface area (Å²) < 4.78 is 6.20. The Morgan fingerprint density at radius 3 is 2.81 bits per heavy atom. The van der Waals surface area contributed by atoms with Gasteiger partial charge in [-0.15, -0.1) is 0 Å². The molecule has 1 spiro atoms. The third kappa shape index (κ3) is 1.65. The van der Waals surface area contributed by atoms with Crippen molar-refractivity contribution < 1.29 is 4.74 Å². The zero-order valence-electron chi connectivity index (χ0n) is 9.26. The normalized spacial score (nSPS) is 22.1. The number of ether oxygens (including phenoxy) is 1. The molecule has 2 aliphatic rings. The number of hydrogen-bond acceptors (Lipinski definition) is 2. The Labute approximate surface area is 101 Å². The quantitative estimate of drug-likeness (QED) is 0.740. The van der Waals surface area contributed by atoms with E-state index in [1.807, 2.05) is 18.2 Å². The van der Waals surface area contributed by atoms with Crippen molar-refractivity contribution >= 4 is 17.3 Å². The van der Waals surface area contributed by atoms with E-state index in [1.165, 1.54) is 19.3 Å². The highest BCUT2D eigenvalue weighted by Crippen LogP contribution is 2.43. The zero-order chi connectivity index (χ0) is 11.0. The van der Waals surface area contributed by atoms with Crippen LogP contribution in [0.15, 0.2) is 18.2 Å². The molecule has 86 valence electrons. The smallest absolute Gasteiger partial charge is 0.161 e. The minimum absolute atomic E-state index is 0.00373. The molecule has 3 heteroatoms. The van der Waals surface area contributed by atoms with Crippen molar-refractivity contribution in [1.29, 1.82) is 0 Å². The van der Waals surface area contributed by atoms with E-state index < -0.39 is 0 Å². The van der Waals surface area contributed by atoms with Crippen molar-refractivity contribution in [1.82, 2.24) is 0 Å². The largest absolute Gasteiger partial charge is 0.482 e. The van der Waals surface area contributed by atoms with E-state index in [-0.39, 0.29) is 5.60 Å². The number of para-hydroxylation sites is 1. The van der Waals surface area contributed by atoms with Crippen LogP contribution in [0.1, 0.15) is 32.1 Å². The molecule has 1 fully saturated rings. The molecule has 1 N–H and O–H groups in total. The topological polar surface area (TPSA) is 21.3 Å². The number of rotatable bonds is 0. The highest BCUT2D eigenvalue weighted by atomic mass is 35.5. The lowest BCUT2D eigenvalue weighted by Gasteiger charge is -2.42. The fourth-order valence-corrected chi connectivity index (χ4v) is 2.95. The van der Waals surface area contributed by atoms with Crippen LogP contribution < -0.4 is 10.1 Å². The Balaban J connectivity index is 1.92. The molecular weight excluding hydrogens is 222 g/mol. The fraction of sp³-hybridized carbons (Fsp3) is 0.538. The third-order valence-corrected chi connectivity index (χ3v) is 3.95. The van der Waals surface area contributed by atoms with Crippen LogP contribution in [-0.2, 0) is 0 Å². The maximum atomic E-state index is 6.20. The van der Waals surface area contributed by atoms with Crippen molar-refractivity contribution in [2.24, 2.45) is 0 Å². The van der Waals surface area contributed by atoms with E-state index in [1.54, 1.807) is 0 Å². The highest BCUT2D eigenvalue weighted by molar-refractivity contribution is 6.32. The van der Waals surface area contributed by atoms with Crippen LogP contribution in [0.5, 0.6) is 5.75 Å². The maximum absolute atomic E-state index is 6.20. The summed E-state index contributed by atoms with van der Waals surface area (Å²) in [6.07, 6.45) is 6.15.